The number of halogens is 1. The van der Waals surface area contributed by atoms with Crippen molar-refractivity contribution in [1.82, 2.24) is 19.7 Å². The SMILES string of the molecule is CC(C)n1ncc2cc(C(=O)N(Cc3ccccc3F)C3CC3)cnc21. The second kappa shape index (κ2) is 6.52. The third-order valence-electron chi connectivity index (χ3n) is 4.72. The Hall–Kier alpha value is -2.76. The predicted molar refractivity (Wildman–Crippen MR) is 97.2 cm³/mol. The fraction of sp³-hybridized carbons (Fsp3) is 0.350. The molecule has 134 valence electrons. The second-order valence-electron chi connectivity index (χ2n) is 7.08. The Labute approximate surface area is 151 Å². The summed E-state index contributed by atoms with van der Waals surface area (Å²) < 4.78 is 15.9. The Morgan fingerprint density at radius 1 is 1.31 bits per heavy atom. The van der Waals surface area contributed by atoms with E-state index >= 15 is 0 Å². The number of benzene rings is 1. The molecular weight excluding hydrogens is 331 g/mol. The van der Waals surface area contributed by atoms with E-state index in [1.165, 1.54) is 6.07 Å². The van der Waals surface area contributed by atoms with Gasteiger partial charge in [0.25, 0.3) is 5.91 Å². The summed E-state index contributed by atoms with van der Waals surface area (Å²) in [5.41, 5.74) is 1.82. The van der Waals surface area contributed by atoms with Crippen molar-refractivity contribution in [3.8, 4) is 0 Å². The average Bonchev–Trinajstić information content (AvgIpc) is 3.38. The summed E-state index contributed by atoms with van der Waals surface area (Å²) in [6, 6.07) is 8.81. The summed E-state index contributed by atoms with van der Waals surface area (Å²) in [5.74, 6) is -0.389. The largest absolute Gasteiger partial charge is 0.331 e. The number of rotatable bonds is 5. The minimum Gasteiger partial charge on any atom is -0.331 e. The van der Waals surface area contributed by atoms with Crippen LogP contribution in [-0.4, -0.2) is 31.6 Å². The number of carbonyl (C=O) groups is 1. The molecule has 1 aromatic carbocycles. The van der Waals surface area contributed by atoms with E-state index in [0.717, 1.165) is 23.9 Å². The van der Waals surface area contributed by atoms with Crippen molar-refractivity contribution in [1.29, 1.82) is 0 Å². The van der Waals surface area contributed by atoms with Gasteiger partial charge in [-0.2, -0.15) is 5.10 Å². The summed E-state index contributed by atoms with van der Waals surface area (Å²) in [6.45, 7) is 4.35. The van der Waals surface area contributed by atoms with Crippen LogP contribution in [-0.2, 0) is 6.54 Å². The molecule has 26 heavy (non-hydrogen) atoms. The normalized spacial score (nSPS) is 14.2. The topological polar surface area (TPSA) is 51.0 Å². The molecule has 5 nitrogen and oxygen atoms in total. The lowest BCUT2D eigenvalue weighted by Crippen LogP contribution is -2.33. The van der Waals surface area contributed by atoms with Crippen molar-refractivity contribution in [3.63, 3.8) is 0 Å². The number of amides is 1. The summed E-state index contributed by atoms with van der Waals surface area (Å²) >= 11 is 0. The Kier molecular flexibility index (Phi) is 4.18. The minimum absolute atomic E-state index is 0.109. The van der Waals surface area contributed by atoms with Crippen LogP contribution < -0.4 is 0 Å². The molecule has 0 aliphatic heterocycles. The quantitative estimate of drug-likeness (QED) is 0.698. The molecule has 2 heterocycles. The van der Waals surface area contributed by atoms with Gasteiger partial charge in [-0.05, 0) is 38.8 Å². The van der Waals surface area contributed by atoms with E-state index in [1.807, 2.05) is 24.6 Å². The van der Waals surface area contributed by atoms with Gasteiger partial charge < -0.3 is 4.90 Å². The highest BCUT2D eigenvalue weighted by Crippen LogP contribution is 2.30. The molecule has 4 rings (SSSR count). The Morgan fingerprint density at radius 3 is 2.77 bits per heavy atom. The second-order valence-corrected chi connectivity index (χ2v) is 7.08. The number of fused-ring (bicyclic) bond motifs is 1. The molecule has 0 unspecified atom stereocenters. The van der Waals surface area contributed by atoms with Crippen molar-refractivity contribution in [2.24, 2.45) is 0 Å². The van der Waals surface area contributed by atoms with E-state index in [9.17, 15) is 9.18 Å². The molecule has 1 saturated carbocycles. The Morgan fingerprint density at radius 2 is 2.08 bits per heavy atom. The van der Waals surface area contributed by atoms with Gasteiger partial charge in [-0.1, -0.05) is 18.2 Å². The standard InChI is InChI=1S/C20H21FN4O/c1-13(2)25-19-15(11-23-25)9-16(10-22-19)20(26)24(17-7-8-17)12-14-5-3-4-6-18(14)21/h3-6,9-11,13,17H,7-8,12H2,1-2H3. The fourth-order valence-electron chi connectivity index (χ4n) is 3.16. The number of nitrogens with zero attached hydrogens (tertiary/aromatic N) is 4. The van der Waals surface area contributed by atoms with Crippen LogP contribution in [0.3, 0.4) is 0 Å². The predicted octanol–water partition coefficient (Wildman–Crippen LogP) is 3.96. The first-order chi connectivity index (χ1) is 12.5. The highest BCUT2D eigenvalue weighted by molar-refractivity contribution is 5.97. The van der Waals surface area contributed by atoms with Crippen LogP contribution in [0.2, 0.25) is 0 Å². The molecule has 0 atom stereocenters. The highest BCUT2D eigenvalue weighted by atomic mass is 19.1. The summed E-state index contributed by atoms with van der Waals surface area (Å²) in [5, 5.41) is 5.19. The van der Waals surface area contributed by atoms with Crippen LogP contribution in [0.4, 0.5) is 4.39 Å². The van der Waals surface area contributed by atoms with Gasteiger partial charge in [0.05, 0.1) is 11.8 Å². The monoisotopic (exact) mass is 352 g/mol. The molecule has 1 aliphatic carbocycles. The third-order valence-corrected chi connectivity index (χ3v) is 4.72. The van der Waals surface area contributed by atoms with E-state index in [2.05, 4.69) is 10.1 Å². The van der Waals surface area contributed by atoms with Crippen LogP contribution >= 0.6 is 0 Å². The van der Waals surface area contributed by atoms with Crippen LogP contribution in [0, 0.1) is 5.82 Å². The highest BCUT2D eigenvalue weighted by Gasteiger charge is 2.33. The van der Waals surface area contributed by atoms with E-state index in [0.29, 0.717) is 11.1 Å². The molecule has 2 aromatic heterocycles. The number of pyridine rings is 1. The van der Waals surface area contributed by atoms with Crippen LogP contribution in [0.1, 0.15) is 48.7 Å². The number of carbonyl (C=O) groups excluding carboxylic acids is 1. The van der Waals surface area contributed by atoms with Gasteiger partial charge >= 0.3 is 0 Å². The van der Waals surface area contributed by atoms with Gasteiger partial charge in [-0.3, -0.25) is 4.79 Å². The van der Waals surface area contributed by atoms with Crippen molar-refractivity contribution >= 4 is 16.9 Å². The van der Waals surface area contributed by atoms with Gasteiger partial charge in [0.2, 0.25) is 0 Å². The maximum Gasteiger partial charge on any atom is 0.255 e. The Balaban J connectivity index is 1.64. The first kappa shape index (κ1) is 16.7. The smallest absolute Gasteiger partial charge is 0.255 e. The zero-order valence-electron chi connectivity index (χ0n) is 14.9. The van der Waals surface area contributed by atoms with Crippen LogP contribution in [0.15, 0.2) is 42.7 Å². The fourth-order valence-corrected chi connectivity index (χ4v) is 3.16. The molecule has 1 amide bonds. The molecule has 0 bridgehead atoms. The zero-order chi connectivity index (χ0) is 18.3. The van der Waals surface area contributed by atoms with E-state index in [4.69, 9.17) is 0 Å². The molecule has 0 spiro atoms. The van der Waals surface area contributed by atoms with Gasteiger partial charge in [-0.15, -0.1) is 0 Å². The van der Waals surface area contributed by atoms with E-state index in [1.54, 1.807) is 35.5 Å². The molecule has 0 N–H and O–H groups in total. The van der Waals surface area contributed by atoms with Gasteiger partial charge in [0, 0.05) is 35.8 Å². The average molecular weight is 352 g/mol. The zero-order valence-corrected chi connectivity index (χ0v) is 14.9. The molecule has 1 aliphatic rings. The van der Waals surface area contributed by atoms with Gasteiger partial charge in [-0.25, -0.2) is 14.1 Å². The number of aromatic nitrogens is 3. The first-order valence-electron chi connectivity index (χ1n) is 8.92. The van der Waals surface area contributed by atoms with Crippen molar-refractivity contribution < 1.29 is 9.18 Å². The van der Waals surface area contributed by atoms with Crippen LogP contribution in [0.25, 0.3) is 11.0 Å². The lowest BCUT2D eigenvalue weighted by molar-refractivity contribution is 0.0728. The molecular formula is C20H21FN4O. The summed E-state index contributed by atoms with van der Waals surface area (Å²) in [4.78, 5) is 19.3. The summed E-state index contributed by atoms with van der Waals surface area (Å²) in [6.07, 6.45) is 5.25. The molecule has 6 heteroatoms. The van der Waals surface area contributed by atoms with Crippen LogP contribution in [0.5, 0.6) is 0 Å². The van der Waals surface area contributed by atoms with Crippen molar-refractivity contribution in [2.75, 3.05) is 0 Å². The number of hydrogen-bond acceptors (Lipinski definition) is 3. The summed E-state index contributed by atoms with van der Waals surface area (Å²) in [7, 11) is 0. The van der Waals surface area contributed by atoms with Crippen molar-refractivity contribution in [3.05, 3.63) is 59.7 Å². The lowest BCUT2D eigenvalue weighted by Gasteiger charge is -2.23. The van der Waals surface area contributed by atoms with Gasteiger partial charge in [0.15, 0.2) is 5.65 Å². The maximum atomic E-state index is 14.0. The molecule has 3 aromatic rings. The minimum atomic E-state index is -0.280. The van der Waals surface area contributed by atoms with E-state index < -0.39 is 0 Å². The van der Waals surface area contributed by atoms with Gasteiger partial charge in [0.1, 0.15) is 5.82 Å². The molecule has 1 fully saturated rings. The van der Waals surface area contributed by atoms with Crippen molar-refractivity contribution in [2.45, 2.75) is 45.3 Å². The molecule has 0 radical (unpaired) electrons. The maximum absolute atomic E-state index is 14.0. The number of hydrogen-bond donors (Lipinski definition) is 0. The lowest BCUT2D eigenvalue weighted by atomic mass is 10.1. The Bertz CT molecular complexity index is 961. The third kappa shape index (κ3) is 3.07. The van der Waals surface area contributed by atoms with E-state index in [-0.39, 0.29) is 30.4 Å². The first-order valence-corrected chi connectivity index (χ1v) is 8.92. The molecule has 0 saturated heterocycles.